The highest BCUT2D eigenvalue weighted by atomic mass is 16.6. The topological polar surface area (TPSA) is 96.7 Å². The lowest BCUT2D eigenvalue weighted by molar-refractivity contribution is -0.383. The van der Waals surface area contributed by atoms with Crippen molar-refractivity contribution >= 4 is 17.3 Å². The van der Waals surface area contributed by atoms with Crippen LogP contribution in [-0.2, 0) is 17.7 Å². The van der Waals surface area contributed by atoms with Crippen molar-refractivity contribution < 1.29 is 9.66 Å². The molecule has 2 aromatic rings. The summed E-state index contributed by atoms with van der Waals surface area (Å²) in [5.74, 6) is 0.658. The molecule has 1 N–H and O–H groups in total. The molecule has 0 aliphatic carbocycles. The molecule has 1 aromatic heterocycles. The first-order valence-corrected chi connectivity index (χ1v) is 9.57. The van der Waals surface area contributed by atoms with Gasteiger partial charge in [-0.3, -0.25) is 15.0 Å². The van der Waals surface area contributed by atoms with Crippen molar-refractivity contribution in [3.63, 3.8) is 0 Å². The summed E-state index contributed by atoms with van der Waals surface area (Å²) in [7, 11) is 0. The molecule has 148 valence electrons. The van der Waals surface area contributed by atoms with Crippen molar-refractivity contribution in [2.24, 2.45) is 0 Å². The molecule has 1 fully saturated rings. The Morgan fingerprint density at radius 3 is 2.71 bits per heavy atom. The van der Waals surface area contributed by atoms with Crippen LogP contribution in [0.15, 0.2) is 30.6 Å². The number of hydrogen-bond donors (Lipinski definition) is 1. The van der Waals surface area contributed by atoms with Gasteiger partial charge in [0.15, 0.2) is 0 Å². The summed E-state index contributed by atoms with van der Waals surface area (Å²) in [6, 6.07) is 8.20. The van der Waals surface area contributed by atoms with E-state index in [-0.39, 0.29) is 16.4 Å². The fraction of sp³-hybridized carbons (Fsp3) is 0.474. The Morgan fingerprint density at radius 1 is 1.14 bits per heavy atom. The van der Waals surface area contributed by atoms with E-state index >= 15 is 0 Å². The number of ether oxygens (including phenoxy) is 1. The minimum Gasteiger partial charge on any atom is -0.379 e. The van der Waals surface area contributed by atoms with E-state index in [2.05, 4.69) is 32.3 Å². The molecular weight excluding hydrogens is 360 g/mol. The van der Waals surface area contributed by atoms with E-state index in [1.54, 1.807) is 0 Å². The zero-order chi connectivity index (χ0) is 19.3. The number of hydrogen-bond acceptors (Lipinski definition) is 8. The maximum absolute atomic E-state index is 11.8. The Hall–Kier alpha value is -2.78. The summed E-state index contributed by atoms with van der Waals surface area (Å²) in [6.45, 7) is 5.90. The highest BCUT2D eigenvalue weighted by Gasteiger charge is 2.29. The number of nitrogens with one attached hydrogen (secondary N) is 1. The van der Waals surface area contributed by atoms with Crippen molar-refractivity contribution in [2.75, 3.05) is 56.2 Å². The molecule has 3 heterocycles. The van der Waals surface area contributed by atoms with Gasteiger partial charge >= 0.3 is 5.69 Å². The van der Waals surface area contributed by atoms with Crippen LogP contribution in [0.3, 0.4) is 0 Å². The van der Waals surface area contributed by atoms with E-state index in [0.717, 1.165) is 39.3 Å². The quantitative estimate of drug-likeness (QED) is 0.594. The zero-order valence-electron chi connectivity index (χ0n) is 15.7. The Balaban J connectivity index is 1.50. The lowest BCUT2D eigenvalue weighted by atomic mass is 10.00. The van der Waals surface area contributed by atoms with Gasteiger partial charge in [-0.05, 0) is 17.5 Å². The first-order valence-electron chi connectivity index (χ1n) is 9.57. The van der Waals surface area contributed by atoms with Gasteiger partial charge in [0.05, 0.1) is 18.1 Å². The molecule has 0 spiro atoms. The largest absolute Gasteiger partial charge is 0.379 e. The van der Waals surface area contributed by atoms with Gasteiger partial charge in [0, 0.05) is 39.3 Å². The summed E-state index contributed by atoms with van der Waals surface area (Å²) >= 11 is 0. The van der Waals surface area contributed by atoms with Gasteiger partial charge in [0.2, 0.25) is 11.6 Å². The molecule has 28 heavy (non-hydrogen) atoms. The smallest absolute Gasteiger partial charge is 0.353 e. The van der Waals surface area contributed by atoms with Crippen molar-refractivity contribution in [1.29, 1.82) is 0 Å². The summed E-state index contributed by atoms with van der Waals surface area (Å²) in [5, 5.41) is 15.0. The van der Waals surface area contributed by atoms with Crippen molar-refractivity contribution in [2.45, 2.75) is 13.0 Å². The van der Waals surface area contributed by atoms with Crippen molar-refractivity contribution in [3.8, 4) is 0 Å². The summed E-state index contributed by atoms with van der Waals surface area (Å²) < 4.78 is 5.35. The second-order valence-corrected chi connectivity index (χ2v) is 6.97. The average Bonchev–Trinajstić information content (AvgIpc) is 2.74. The molecule has 0 unspecified atom stereocenters. The molecule has 2 aliphatic rings. The van der Waals surface area contributed by atoms with E-state index in [0.29, 0.717) is 25.5 Å². The molecule has 2 aliphatic heterocycles. The minimum absolute atomic E-state index is 0.0520. The Morgan fingerprint density at radius 2 is 1.93 bits per heavy atom. The molecule has 0 atom stereocenters. The highest BCUT2D eigenvalue weighted by molar-refractivity contribution is 5.70. The number of rotatable bonds is 6. The van der Waals surface area contributed by atoms with Crippen LogP contribution < -0.4 is 10.2 Å². The molecule has 9 nitrogen and oxygen atoms in total. The molecule has 0 radical (unpaired) electrons. The second kappa shape index (κ2) is 8.49. The van der Waals surface area contributed by atoms with Gasteiger partial charge in [0.1, 0.15) is 6.33 Å². The van der Waals surface area contributed by atoms with E-state index in [1.807, 2.05) is 17.0 Å². The lowest BCUT2D eigenvalue weighted by Crippen LogP contribution is -2.39. The second-order valence-electron chi connectivity index (χ2n) is 6.97. The maximum atomic E-state index is 11.8. The normalized spacial score (nSPS) is 17.2. The number of nitrogens with zero attached hydrogens (tertiary/aromatic N) is 5. The SMILES string of the molecule is O=[N+]([O-])c1c(NCCN2CCOCC2)ncnc1N1CCc2ccccc2C1. The van der Waals surface area contributed by atoms with Crippen LogP contribution in [0.2, 0.25) is 0 Å². The highest BCUT2D eigenvalue weighted by Crippen LogP contribution is 2.34. The average molecular weight is 384 g/mol. The monoisotopic (exact) mass is 384 g/mol. The number of nitro groups is 1. The van der Waals surface area contributed by atoms with Crippen LogP contribution in [0.4, 0.5) is 17.3 Å². The van der Waals surface area contributed by atoms with Gasteiger partial charge in [-0.1, -0.05) is 24.3 Å². The van der Waals surface area contributed by atoms with Crippen LogP contribution in [-0.4, -0.2) is 65.7 Å². The number of aromatic nitrogens is 2. The molecule has 9 heteroatoms. The third kappa shape index (κ3) is 4.05. The number of fused-ring (bicyclic) bond motifs is 1. The standard InChI is InChI=1S/C19H24N6O3/c26-25(27)17-18(20-6-8-23-9-11-28-12-10-23)21-14-22-19(17)24-7-5-15-3-1-2-4-16(15)13-24/h1-4,14H,5-13H2,(H,20,21,22). The number of anilines is 2. The van der Waals surface area contributed by atoms with Crippen LogP contribution >= 0.6 is 0 Å². The maximum Gasteiger partial charge on any atom is 0.353 e. The van der Waals surface area contributed by atoms with Crippen LogP contribution in [0.5, 0.6) is 0 Å². The van der Waals surface area contributed by atoms with Crippen molar-refractivity contribution in [3.05, 3.63) is 51.8 Å². The van der Waals surface area contributed by atoms with Crippen molar-refractivity contribution in [1.82, 2.24) is 14.9 Å². The van der Waals surface area contributed by atoms with Gasteiger partial charge in [-0.2, -0.15) is 0 Å². The summed E-state index contributed by atoms with van der Waals surface area (Å²) in [5.41, 5.74) is 2.42. The van der Waals surface area contributed by atoms with E-state index in [4.69, 9.17) is 4.74 Å². The molecule has 4 rings (SSSR count). The van der Waals surface area contributed by atoms with Crippen LogP contribution in [0, 0.1) is 10.1 Å². The Bertz CT molecular complexity index is 840. The van der Waals surface area contributed by atoms with Gasteiger partial charge < -0.3 is 15.0 Å². The predicted octanol–water partition coefficient (Wildman–Crippen LogP) is 1.69. The first kappa shape index (κ1) is 18.6. The summed E-state index contributed by atoms with van der Waals surface area (Å²) in [4.78, 5) is 24.1. The number of benzene rings is 1. The van der Waals surface area contributed by atoms with Gasteiger partial charge in [0.25, 0.3) is 0 Å². The minimum atomic E-state index is -0.382. The first-order chi connectivity index (χ1) is 13.7. The fourth-order valence-electron chi connectivity index (χ4n) is 3.73. The van der Waals surface area contributed by atoms with Crippen LogP contribution in [0.25, 0.3) is 0 Å². The van der Waals surface area contributed by atoms with E-state index in [9.17, 15) is 10.1 Å². The molecule has 0 saturated carbocycles. The number of morpholine rings is 1. The van der Waals surface area contributed by atoms with E-state index in [1.165, 1.54) is 17.5 Å². The van der Waals surface area contributed by atoms with Gasteiger partial charge in [-0.25, -0.2) is 9.97 Å². The third-order valence-electron chi connectivity index (χ3n) is 5.24. The Labute approximate surface area is 163 Å². The Kier molecular flexibility index (Phi) is 5.63. The molecule has 1 saturated heterocycles. The van der Waals surface area contributed by atoms with Crippen LogP contribution in [0.1, 0.15) is 11.1 Å². The summed E-state index contributed by atoms with van der Waals surface area (Å²) in [6.07, 6.45) is 2.25. The zero-order valence-corrected chi connectivity index (χ0v) is 15.7. The van der Waals surface area contributed by atoms with Gasteiger partial charge in [-0.15, -0.1) is 0 Å². The molecule has 1 aromatic carbocycles. The third-order valence-corrected chi connectivity index (χ3v) is 5.24. The fourth-order valence-corrected chi connectivity index (χ4v) is 3.73. The molecule has 0 bridgehead atoms. The van der Waals surface area contributed by atoms with E-state index < -0.39 is 0 Å². The lowest BCUT2D eigenvalue weighted by Gasteiger charge is -2.29. The molecular formula is C19H24N6O3. The predicted molar refractivity (Wildman–Crippen MR) is 106 cm³/mol. The molecule has 0 amide bonds.